The van der Waals surface area contributed by atoms with Crippen molar-refractivity contribution in [1.29, 1.82) is 0 Å². The molecule has 0 saturated carbocycles. The number of H-pyrrole nitrogens is 1. The fourth-order valence-electron chi connectivity index (χ4n) is 1.74. The van der Waals surface area contributed by atoms with Crippen LogP contribution in [-0.4, -0.2) is 22.9 Å². The number of anilines is 2. The molecular formula is C14H15N3O3. The lowest BCUT2D eigenvalue weighted by atomic mass is 10.1. The van der Waals surface area contributed by atoms with Crippen molar-refractivity contribution in [3.8, 4) is 0 Å². The van der Waals surface area contributed by atoms with Gasteiger partial charge in [-0.2, -0.15) is 0 Å². The summed E-state index contributed by atoms with van der Waals surface area (Å²) in [6.45, 7) is 1.75. The van der Waals surface area contributed by atoms with E-state index >= 15 is 0 Å². The molecule has 2 N–H and O–H groups in total. The Morgan fingerprint density at radius 2 is 2.20 bits per heavy atom. The summed E-state index contributed by atoms with van der Waals surface area (Å²) < 4.78 is 4.95. The lowest BCUT2D eigenvalue weighted by Crippen LogP contribution is -2.12. The second-order valence-corrected chi connectivity index (χ2v) is 4.28. The fraction of sp³-hybridized carbons (Fsp3) is 0.214. The van der Waals surface area contributed by atoms with Gasteiger partial charge >= 0.3 is 0 Å². The van der Waals surface area contributed by atoms with Crippen LogP contribution in [-0.2, 0) is 11.3 Å². The van der Waals surface area contributed by atoms with Crippen LogP contribution in [0.4, 0.5) is 11.6 Å². The van der Waals surface area contributed by atoms with Crippen LogP contribution in [0.2, 0.25) is 0 Å². The molecule has 1 aromatic heterocycles. The van der Waals surface area contributed by atoms with Crippen LogP contribution in [0.25, 0.3) is 0 Å². The van der Waals surface area contributed by atoms with E-state index in [1.807, 2.05) is 0 Å². The average Bonchev–Trinajstić information content (AvgIpc) is 2.38. The zero-order chi connectivity index (χ0) is 14.5. The maximum Gasteiger partial charge on any atom is 0.252 e. The Hall–Kier alpha value is -2.47. The SMILES string of the molecule is COCc1cc(=O)[nH]c(Nc2cccc(C(C)=O)c2)n1. The average molecular weight is 273 g/mol. The van der Waals surface area contributed by atoms with E-state index in [9.17, 15) is 9.59 Å². The molecule has 0 spiro atoms. The van der Waals surface area contributed by atoms with Crippen molar-refractivity contribution >= 4 is 17.4 Å². The number of aromatic amines is 1. The van der Waals surface area contributed by atoms with Crippen molar-refractivity contribution in [2.75, 3.05) is 12.4 Å². The summed E-state index contributed by atoms with van der Waals surface area (Å²) in [7, 11) is 1.53. The molecule has 2 aromatic rings. The maximum atomic E-state index is 11.5. The lowest BCUT2D eigenvalue weighted by molar-refractivity contribution is 0.101. The Labute approximate surface area is 115 Å². The summed E-state index contributed by atoms with van der Waals surface area (Å²) in [5.41, 5.74) is 1.53. The van der Waals surface area contributed by atoms with E-state index in [2.05, 4.69) is 15.3 Å². The van der Waals surface area contributed by atoms with E-state index < -0.39 is 0 Å². The number of benzene rings is 1. The molecule has 0 saturated heterocycles. The molecule has 6 nitrogen and oxygen atoms in total. The molecule has 0 aliphatic rings. The highest BCUT2D eigenvalue weighted by molar-refractivity contribution is 5.95. The summed E-state index contributed by atoms with van der Waals surface area (Å²) in [5, 5.41) is 2.96. The van der Waals surface area contributed by atoms with Gasteiger partial charge in [0.05, 0.1) is 12.3 Å². The number of ketones is 1. The zero-order valence-corrected chi connectivity index (χ0v) is 11.3. The third-order valence-electron chi connectivity index (χ3n) is 2.62. The van der Waals surface area contributed by atoms with Gasteiger partial charge in [0, 0.05) is 24.4 Å². The first-order valence-corrected chi connectivity index (χ1v) is 6.05. The molecule has 0 unspecified atom stereocenters. The molecule has 1 aromatic carbocycles. The molecule has 1 heterocycles. The summed E-state index contributed by atoms with van der Waals surface area (Å²) in [6.07, 6.45) is 0. The number of carbonyl (C=O) groups is 1. The highest BCUT2D eigenvalue weighted by Gasteiger charge is 2.04. The van der Waals surface area contributed by atoms with Gasteiger partial charge in [-0.25, -0.2) is 4.98 Å². The summed E-state index contributed by atoms with van der Waals surface area (Å²) in [6, 6.07) is 8.35. The van der Waals surface area contributed by atoms with Gasteiger partial charge in [0.15, 0.2) is 5.78 Å². The van der Waals surface area contributed by atoms with Crippen LogP contribution in [0.3, 0.4) is 0 Å². The zero-order valence-electron chi connectivity index (χ0n) is 11.3. The number of hydrogen-bond acceptors (Lipinski definition) is 5. The Balaban J connectivity index is 2.27. The minimum Gasteiger partial charge on any atom is -0.378 e. The number of nitrogens with one attached hydrogen (secondary N) is 2. The molecule has 0 bridgehead atoms. The van der Waals surface area contributed by atoms with Crippen LogP contribution >= 0.6 is 0 Å². The van der Waals surface area contributed by atoms with Gasteiger partial charge in [-0.15, -0.1) is 0 Å². The Morgan fingerprint density at radius 1 is 1.40 bits per heavy atom. The number of aromatic nitrogens is 2. The number of nitrogens with zero attached hydrogens (tertiary/aromatic N) is 1. The number of rotatable bonds is 5. The second kappa shape index (κ2) is 6.12. The van der Waals surface area contributed by atoms with Crippen molar-refractivity contribution in [2.24, 2.45) is 0 Å². The topological polar surface area (TPSA) is 84.1 Å². The number of hydrogen-bond donors (Lipinski definition) is 2. The lowest BCUT2D eigenvalue weighted by Gasteiger charge is -2.07. The first kappa shape index (κ1) is 14.0. The molecule has 0 fully saturated rings. The first-order chi connectivity index (χ1) is 9.58. The summed E-state index contributed by atoms with van der Waals surface area (Å²) in [4.78, 5) is 29.6. The summed E-state index contributed by atoms with van der Waals surface area (Å²) in [5.74, 6) is 0.286. The van der Waals surface area contributed by atoms with Crippen molar-refractivity contribution in [1.82, 2.24) is 9.97 Å². The normalized spacial score (nSPS) is 10.3. The third-order valence-corrected chi connectivity index (χ3v) is 2.62. The molecule has 104 valence electrons. The smallest absolute Gasteiger partial charge is 0.252 e. The van der Waals surface area contributed by atoms with E-state index in [1.165, 1.54) is 20.1 Å². The maximum absolute atomic E-state index is 11.5. The highest BCUT2D eigenvalue weighted by atomic mass is 16.5. The van der Waals surface area contributed by atoms with Crippen LogP contribution in [0.1, 0.15) is 23.0 Å². The Morgan fingerprint density at radius 3 is 2.90 bits per heavy atom. The monoisotopic (exact) mass is 273 g/mol. The minimum atomic E-state index is -0.266. The Bertz CT molecular complexity index is 679. The fourth-order valence-corrected chi connectivity index (χ4v) is 1.74. The van der Waals surface area contributed by atoms with E-state index in [0.29, 0.717) is 22.9 Å². The molecular weight excluding hydrogens is 258 g/mol. The Kier molecular flexibility index (Phi) is 4.27. The first-order valence-electron chi connectivity index (χ1n) is 6.05. The third kappa shape index (κ3) is 3.52. The number of carbonyl (C=O) groups excluding carboxylic acids is 1. The van der Waals surface area contributed by atoms with E-state index in [1.54, 1.807) is 24.3 Å². The van der Waals surface area contributed by atoms with E-state index in [-0.39, 0.29) is 17.9 Å². The molecule has 0 aliphatic heterocycles. The predicted octanol–water partition coefficient (Wildman–Crippen LogP) is 1.86. The van der Waals surface area contributed by atoms with Crippen LogP contribution < -0.4 is 10.9 Å². The van der Waals surface area contributed by atoms with E-state index in [4.69, 9.17) is 4.74 Å². The van der Waals surface area contributed by atoms with Gasteiger partial charge in [0.1, 0.15) is 0 Å². The van der Waals surface area contributed by atoms with Crippen molar-refractivity contribution < 1.29 is 9.53 Å². The second-order valence-electron chi connectivity index (χ2n) is 4.28. The van der Waals surface area contributed by atoms with Gasteiger partial charge in [-0.3, -0.25) is 14.6 Å². The summed E-state index contributed by atoms with van der Waals surface area (Å²) >= 11 is 0. The largest absolute Gasteiger partial charge is 0.378 e. The minimum absolute atomic E-state index is 0.0248. The molecule has 0 radical (unpaired) electrons. The van der Waals surface area contributed by atoms with Gasteiger partial charge < -0.3 is 10.1 Å². The number of methoxy groups -OCH3 is 1. The molecule has 6 heteroatoms. The van der Waals surface area contributed by atoms with Crippen molar-refractivity contribution in [3.05, 3.63) is 51.9 Å². The number of Topliss-reactive ketones (excluding diaryl/α,β-unsaturated/α-hetero) is 1. The molecule has 2 rings (SSSR count). The quantitative estimate of drug-likeness (QED) is 0.812. The van der Waals surface area contributed by atoms with Gasteiger partial charge in [-0.1, -0.05) is 12.1 Å². The van der Waals surface area contributed by atoms with Gasteiger partial charge in [0.25, 0.3) is 5.56 Å². The highest BCUT2D eigenvalue weighted by Crippen LogP contribution is 2.14. The van der Waals surface area contributed by atoms with Crippen molar-refractivity contribution in [3.63, 3.8) is 0 Å². The van der Waals surface area contributed by atoms with Gasteiger partial charge in [-0.05, 0) is 19.1 Å². The molecule has 0 amide bonds. The van der Waals surface area contributed by atoms with Crippen LogP contribution in [0.15, 0.2) is 35.1 Å². The number of ether oxygens (including phenoxy) is 1. The van der Waals surface area contributed by atoms with Crippen molar-refractivity contribution in [2.45, 2.75) is 13.5 Å². The van der Waals surface area contributed by atoms with Crippen LogP contribution in [0, 0.1) is 0 Å². The van der Waals surface area contributed by atoms with E-state index in [0.717, 1.165) is 0 Å². The standard InChI is InChI=1S/C14H15N3O3/c1-9(18)10-4-3-5-11(6-10)15-14-16-12(8-20-2)7-13(19)17-14/h3-7H,8H2,1-2H3,(H2,15,16,17,19). The molecule has 0 atom stereocenters. The van der Waals surface area contributed by atoms with Crippen LogP contribution in [0.5, 0.6) is 0 Å². The molecule has 0 aliphatic carbocycles. The predicted molar refractivity (Wildman–Crippen MR) is 75.3 cm³/mol. The van der Waals surface area contributed by atoms with Gasteiger partial charge in [0.2, 0.25) is 5.95 Å². The molecule has 20 heavy (non-hydrogen) atoms.